The summed E-state index contributed by atoms with van der Waals surface area (Å²) in [5.41, 5.74) is -1.81. The highest BCUT2D eigenvalue weighted by molar-refractivity contribution is 5.92. The van der Waals surface area contributed by atoms with E-state index in [0.717, 1.165) is 25.1 Å². The summed E-state index contributed by atoms with van der Waals surface area (Å²) in [7, 11) is 0. The van der Waals surface area contributed by atoms with Crippen molar-refractivity contribution in [2.24, 2.45) is 0 Å². The third-order valence-corrected chi connectivity index (χ3v) is 4.86. The number of pyridine rings is 1. The Labute approximate surface area is 148 Å². The molecule has 2 aliphatic heterocycles. The van der Waals surface area contributed by atoms with Crippen LogP contribution in [0.4, 0.5) is 8.78 Å². The molecule has 0 N–H and O–H groups in total. The molecule has 2 fully saturated rings. The van der Waals surface area contributed by atoms with E-state index in [-0.39, 0.29) is 37.0 Å². The standard InChI is InChI=1S/C17H18F2N4O3/c18-12-1-2-13(20-9-12)15(24)23-6-5-17(19,10-23)16-21-14(22-26-16)11-3-7-25-8-4-11/h1-2,9,11H,3-8,10H2. The summed E-state index contributed by atoms with van der Waals surface area (Å²) in [6.45, 7) is 1.26. The van der Waals surface area contributed by atoms with Crippen LogP contribution in [0.25, 0.3) is 0 Å². The third-order valence-electron chi connectivity index (χ3n) is 4.86. The van der Waals surface area contributed by atoms with Crippen molar-refractivity contribution in [3.05, 3.63) is 41.6 Å². The molecule has 4 heterocycles. The molecule has 4 rings (SSSR count). The van der Waals surface area contributed by atoms with Crippen LogP contribution in [0, 0.1) is 5.82 Å². The van der Waals surface area contributed by atoms with Gasteiger partial charge in [-0.15, -0.1) is 0 Å². The molecule has 138 valence electrons. The van der Waals surface area contributed by atoms with Crippen LogP contribution < -0.4 is 0 Å². The number of rotatable bonds is 3. The summed E-state index contributed by atoms with van der Waals surface area (Å²) in [6.07, 6.45) is 2.58. The molecule has 9 heteroatoms. The van der Waals surface area contributed by atoms with Gasteiger partial charge in [-0.3, -0.25) is 4.79 Å². The number of hydrogen-bond donors (Lipinski definition) is 0. The number of hydrogen-bond acceptors (Lipinski definition) is 6. The summed E-state index contributed by atoms with van der Waals surface area (Å²) >= 11 is 0. The number of carbonyl (C=O) groups excluding carboxylic acids is 1. The first-order valence-electron chi connectivity index (χ1n) is 8.57. The molecule has 0 radical (unpaired) electrons. The maximum Gasteiger partial charge on any atom is 0.272 e. The molecule has 1 amide bonds. The lowest BCUT2D eigenvalue weighted by molar-refractivity contribution is 0.0711. The molecule has 0 spiro atoms. The summed E-state index contributed by atoms with van der Waals surface area (Å²) in [6, 6.07) is 2.43. The Kier molecular flexibility index (Phi) is 4.39. The van der Waals surface area contributed by atoms with Crippen LogP contribution in [0.2, 0.25) is 0 Å². The highest BCUT2D eigenvalue weighted by Crippen LogP contribution is 2.36. The fourth-order valence-electron chi connectivity index (χ4n) is 3.32. The van der Waals surface area contributed by atoms with Crippen molar-refractivity contribution in [1.82, 2.24) is 20.0 Å². The SMILES string of the molecule is O=C(c1ccc(F)cn1)N1CCC(F)(c2nc(C3CCOCC3)no2)C1. The van der Waals surface area contributed by atoms with Crippen LogP contribution >= 0.6 is 0 Å². The normalized spacial score (nSPS) is 24.2. The maximum atomic E-state index is 15.3. The number of halogens is 2. The molecule has 2 aromatic rings. The Morgan fingerprint density at radius 3 is 2.85 bits per heavy atom. The van der Waals surface area contributed by atoms with Crippen molar-refractivity contribution in [2.75, 3.05) is 26.3 Å². The molecule has 0 bridgehead atoms. The van der Waals surface area contributed by atoms with Gasteiger partial charge in [-0.2, -0.15) is 4.98 Å². The number of ether oxygens (including phenoxy) is 1. The van der Waals surface area contributed by atoms with Gasteiger partial charge in [0.25, 0.3) is 11.8 Å². The zero-order valence-electron chi connectivity index (χ0n) is 14.0. The van der Waals surface area contributed by atoms with Crippen LogP contribution in [-0.4, -0.2) is 52.2 Å². The smallest absolute Gasteiger partial charge is 0.272 e. The first-order valence-corrected chi connectivity index (χ1v) is 8.57. The molecule has 0 aromatic carbocycles. The minimum Gasteiger partial charge on any atom is -0.381 e. The van der Waals surface area contributed by atoms with E-state index in [4.69, 9.17) is 9.26 Å². The molecule has 2 aliphatic rings. The Morgan fingerprint density at radius 1 is 1.31 bits per heavy atom. The second kappa shape index (κ2) is 6.71. The second-order valence-corrected chi connectivity index (χ2v) is 6.65. The zero-order valence-corrected chi connectivity index (χ0v) is 14.0. The predicted octanol–water partition coefficient (Wildman–Crippen LogP) is 2.21. The molecular formula is C17H18F2N4O3. The molecule has 1 unspecified atom stereocenters. The minimum absolute atomic E-state index is 0.0648. The van der Waals surface area contributed by atoms with Crippen molar-refractivity contribution in [3.63, 3.8) is 0 Å². The van der Waals surface area contributed by atoms with Crippen molar-refractivity contribution >= 4 is 5.91 Å². The lowest BCUT2D eigenvalue weighted by Gasteiger charge is -2.19. The van der Waals surface area contributed by atoms with E-state index < -0.39 is 17.4 Å². The van der Waals surface area contributed by atoms with Gasteiger partial charge < -0.3 is 14.2 Å². The largest absolute Gasteiger partial charge is 0.381 e. The fourth-order valence-corrected chi connectivity index (χ4v) is 3.32. The summed E-state index contributed by atoms with van der Waals surface area (Å²) < 4.78 is 38.7. The fraction of sp³-hybridized carbons (Fsp3) is 0.529. The van der Waals surface area contributed by atoms with Gasteiger partial charge in [0.15, 0.2) is 5.82 Å². The quantitative estimate of drug-likeness (QED) is 0.831. The van der Waals surface area contributed by atoms with E-state index >= 15 is 4.39 Å². The van der Waals surface area contributed by atoms with E-state index in [9.17, 15) is 9.18 Å². The van der Waals surface area contributed by atoms with Crippen LogP contribution in [0.3, 0.4) is 0 Å². The lowest BCUT2D eigenvalue weighted by atomic mass is 9.99. The molecule has 1 atom stereocenters. The predicted molar refractivity (Wildman–Crippen MR) is 84.6 cm³/mol. The van der Waals surface area contributed by atoms with Gasteiger partial charge in [0.1, 0.15) is 11.5 Å². The third kappa shape index (κ3) is 3.18. The van der Waals surface area contributed by atoms with E-state index in [2.05, 4.69) is 15.1 Å². The van der Waals surface area contributed by atoms with Crippen LogP contribution in [0.1, 0.15) is 47.4 Å². The average Bonchev–Trinajstić information content (AvgIpc) is 3.31. The monoisotopic (exact) mass is 364 g/mol. The zero-order chi connectivity index (χ0) is 18.1. The molecule has 0 saturated carbocycles. The number of alkyl halides is 1. The number of nitrogens with zero attached hydrogens (tertiary/aromatic N) is 4. The minimum atomic E-state index is -1.88. The van der Waals surface area contributed by atoms with Gasteiger partial charge in [0.2, 0.25) is 5.67 Å². The number of likely N-dealkylation sites (tertiary alicyclic amines) is 1. The first-order chi connectivity index (χ1) is 12.5. The van der Waals surface area contributed by atoms with Crippen molar-refractivity contribution in [1.29, 1.82) is 0 Å². The highest BCUT2D eigenvalue weighted by atomic mass is 19.1. The van der Waals surface area contributed by atoms with E-state index in [1.54, 1.807) is 0 Å². The molecular weight excluding hydrogens is 346 g/mol. The maximum absolute atomic E-state index is 15.3. The summed E-state index contributed by atoms with van der Waals surface area (Å²) in [4.78, 5) is 21.8. The summed E-state index contributed by atoms with van der Waals surface area (Å²) in [5.74, 6) is -0.484. The van der Waals surface area contributed by atoms with E-state index in [0.29, 0.717) is 19.0 Å². The summed E-state index contributed by atoms with van der Waals surface area (Å²) in [5, 5.41) is 3.93. The van der Waals surface area contributed by atoms with Crippen LogP contribution in [-0.2, 0) is 10.4 Å². The first kappa shape index (κ1) is 17.0. The van der Waals surface area contributed by atoms with Crippen molar-refractivity contribution in [3.8, 4) is 0 Å². The second-order valence-electron chi connectivity index (χ2n) is 6.65. The Bertz CT molecular complexity index is 792. The molecule has 2 aromatic heterocycles. The molecule has 0 aliphatic carbocycles. The Balaban J connectivity index is 1.47. The van der Waals surface area contributed by atoms with Crippen LogP contribution in [0.5, 0.6) is 0 Å². The lowest BCUT2D eigenvalue weighted by Crippen LogP contribution is -2.33. The van der Waals surface area contributed by atoms with E-state index in [1.165, 1.54) is 11.0 Å². The van der Waals surface area contributed by atoms with Gasteiger partial charge in [-0.05, 0) is 25.0 Å². The average molecular weight is 364 g/mol. The number of carbonyl (C=O) groups is 1. The molecule has 7 nitrogen and oxygen atoms in total. The van der Waals surface area contributed by atoms with Gasteiger partial charge in [-0.1, -0.05) is 5.16 Å². The number of aromatic nitrogens is 3. The van der Waals surface area contributed by atoms with Gasteiger partial charge in [-0.25, -0.2) is 13.8 Å². The topological polar surface area (TPSA) is 81.4 Å². The van der Waals surface area contributed by atoms with Gasteiger partial charge >= 0.3 is 0 Å². The Hall–Kier alpha value is -2.42. The van der Waals surface area contributed by atoms with E-state index in [1.807, 2.05) is 0 Å². The van der Waals surface area contributed by atoms with Crippen LogP contribution in [0.15, 0.2) is 22.9 Å². The molecule has 2 saturated heterocycles. The highest BCUT2D eigenvalue weighted by Gasteiger charge is 2.47. The van der Waals surface area contributed by atoms with Gasteiger partial charge in [0, 0.05) is 32.1 Å². The van der Waals surface area contributed by atoms with Gasteiger partial charge in [0.05, 0.1) is 12.7 Å². The number of amides is 1. The Morgan fingerprint density at radius 2 is 2.12 bits per heavy atom. The van der Waals surface area contributed by atoms with Crippen molar-refractivity contribution in [2.45, 2.75) is 30.8 Å². The van der Waals surface area contributed by atoms with Crippen molar-refractivity contribution < 1.29 is 22.8 Å². The molecule has 26 heavy (non-hydrogen) atoms.